The number of methoxy groups -OCH3 is 1. The van der Waals surface area contributed by atoms with Crippen LogP contribution in [0.2, 0.25) is 0 Å². The second-order valence-electron chi connectivity index (χ2n) is 5.18. The van der Waals surface area contributed by atoms with E-state index in [1.165, 1.54) is 0 Å². The Kier molecular flexibility index (Phi) is 7.59. The zero-order valence-electron chi connectivity index (χ0n) is 13.5. The van der Waals surface area contributed by atoms with Crippen LogP contribution < -0.4 is 15.4 Å². The quantitative estimate of drug-likeness (QED) is 0.677. The second kappa shape index (κ2) is 9.45. The lowest BCUT2D eigenvalue weighted by molar-refractivity contribution is -0.147. The first-order valence-electron chi connectivity index (χ1n) is 7.25. The number of amides is 2. The summed E-state index contributed by atoms with van der Waals surface area (Å²) in [6.07, 6.45) is 0.0606. The van der Waals surface area contributed by atoms with Crippen LogP contribution >= 0.6 is 0 Å². The first kappa shape index (κ1) is 18.5. The number of hydrogen-bond donors (Lipinski definition) is 2. The molecular formula is C16H22N2O5. The Morgan fingerprint density at radius 3 is 2.30 bits per heavy atom. The van der Waals surface area contributed by atoms with E-state index in [9.17, 15) is 14.4 Å². The third-order valence-electron chi connectivity index (χ3n) is 2.77. The molecule has 0 fully saturated rings. The second-order valence-corrected chi connectivity index (χ2v) is 5.18. The molecule has 0 spiro atoms. The van der Waals surface area contributed by atoms with Crippen LogP contribution in [0.3, 0.4) is 0 Å². The van der Waals surface area contributed by atoms with Crippen molar-refractivity contribution < 1.29 is 23.9 Å². The normalized spacial score (nSPS) is 10.1. The highest BCUT2D eigenvalue weighted by Crippen LogP contribution is 2.11. The molecule has 1 aromatic rings. The SMILES string of the molecule is COc1ccc(CC(=O)OCC(=O)NCC(=O)NC(C)C)cc1. The fraction of sp³-hybridized carbons (Fsp3) is 0.438. The van der Waals surface area contributed by atoms with Gasteiger partial charge in [0.25, 0.3) is 5.91 Å². The summed E-state index contributed by atoms with van der Waals surface area (Å²) in [4.78, 5) is 34.5. The van der Waals surface area contributed by atoms with Gasteiger partial charge in [-0.3, -0.25) is 14.4 Å². The monoisotopic (exact) mass is 322 g/mol. The van der Waals surface area contributed by atoms with Crippen LogP contribution in [0.1, 0.15) is 19.4 Å². The molecule has 0 aliphatic heterocycles. The van der Waals surface area contributed by atoms with E-state index in [2.05, 4.69) is 10.6 Å². The number of carbonyl (C=O) groups excluding carboxylic acids is 3. The molecule has 0 aliphatic rings. The van der Waals surface area contributed by atoms with Crippen LogP contribution in [-0.4, -0.2) is 44.1 Å². The summed E-state index contributed by atoms with van der Waals surface area (Å²) in [6.45, 7) is 3.08. The Labute approximate surface area is 135 Å². The highest BCUT2D eigenvalue weighted by Gasteiger charge is 2.10. The van der Waals surface area contributed by atoms with Crippen LogP contribution in [0.5, 0.6) is 5.75 Å². The van der Waals surface area contributed by atoms with Gasteiger partial charge in [-0.15, -0.1) is 0 Å². The smallest absolute Gasteiger partial charge is 0.310 e. The van der Waals surface area contributed by atoms with Gasteiger partial charge in [0.1, 0.15) is 5.75 Å². The van der Waals surface area contributed by atoms with Crippen LogP contribution in [0.4, 0.5) is 0 Å². The Morgan fingerprint density at radius 2 is 1.74 bits per heavy atom. The van der Waals surface area contributed by atoms with Crippen LogP contribution in [0.15, 0.2) is 24.3 Å². The van der Waals surface area contributed by atoms with Crippen molar-refractivity contribution in [3.05, 3.63) is 29.8 Å². The summed E-state index contributed by atoms with van der Waals surface area (Å²) in [7, 11) is 1.56. The minimum Gasteiger partial charge on any atom is -0.497 e. The number of carbonyl (C=O) groups is 3. The number of ether oxygens (including phenoxy) is 2. The number of esters is 1. The van der Waals surface area contributed by atoms with Gasteiger partial charge in [0.05, 0.1) is 20.1 Å². The molecule has 0 radical (unpaired) electrons. The lowest BCUT2D eigenvalue weighted by Crippen LogP contribution is -2.41. The van der Waals surface area contributed by atoms with Crippen molar-refractivity contribution in [1.29, 1.82) is 0 Å². The minimum absolute atomic E-state index is 0.00160. The van der Waals surface area contributed by atoms with Gasteiger partial charge in [0.2, 0.25) is 5.91 Å². The van der Waals surface area contributed by atoms with Gasteiger partial charge >= 0.3 is 5.97 Å². The van der Waals surface area contributed by atoms with Crippen LogP contribution in [0.25, 0.3) is 0 Å². The van der Waals surface area contributed by atoms with Crippen LogP contribution in [0, 0.1) is 0 Å². The largest absolute Gasteiger partial charge is 0.497 e. The van der Waals surface area contributed by atoms with Crippen molar-refractivity contribution in [3.63, 3.8) is 0 Å². The molecule has 2 N–H and O–H groups in total. The summed E-state index contributed by atoms with van der Waals surface area (Å²) in [5.41, 5.74) is 0.757. The summed E-state index contributed by atoms with van der Waals surface area (Å²) in [5.74, 6) is -0.636. The molecule has 0 atom stereocenters. The average molecular weight is 322 g/mol. The van der Waals surface area contributed by atoms with E-state index in [1.54, 1.807) is 31.4 Å². The van der Waals surface area contributed by atoms with Gasteiger partial charge in [0.15, 0.2) is 6.61 Å². The molecular weight excluding hydrogens is 300 g/mol. The van der Waals surface area contributed by atoms with Gasteiger partial charge < -0.3 is 20.1 Å². The number of nitrogens with one attached hydrogen (secondary N) is 2. The van der Waals surface area contributed by atoms with E-state index in [4.69, 9.17) is 9.47 Å². The molecule has 23 heavy (non-hydrogen) atoms. The Balaban J connectivity index is 2.26. The fourth-order valence-corrected chi connectivity index (χ4v) is 1.71. The predicted molar refractivity (Wildman–Crippen MR) is 83.9 cm³/mol. The first-order valence-corrected chi connectivity index (χ1v) is 7.25. The van der Waals surface area contributed by atoms with Crippen molar-refractivity contribution in [2.75, 3.05) is 20.3 Å². The molecule has 0 saturated heterocycles. The van der Waals surface area contributed by atoms with E-state index in [-0.39, 0.29) is 24.9 Å². The van der Waals surface area contributed by atoms with E-state index in [0.29, 0.717) is 5.75 Å². The van der Waals surface area contributed by atoms with Gasteiger partial charge in [-0.25, -0.2) is 0 Å². The lowest BCUT2D eigenvalue weighted by Gasteiger charge is -2.09. The Bertz CT molecular complexity index is 540. The van der Waals surface area contributed by atoms with Gasteiger partial charge in [-0.05, 0) is 31.5 Å². The molecule has 1 rings (SSSR count). The standard InChI is InChI=1S/C16H22N2O5/c1-11(2)18-14(19)9-17-15(20)10-23-16(21)8-12-4-6-13(22-3)7-5-12/h4-7,11H,8-10H2,1-3H3,(H,17,20)(H,18,19). The maximum atomic E-state index is 11.6. The maximum Gasteiger partial charge on any atom is 0.310 e. The van der Waals surface area contributed by atoms with Crippen LogP contribution in [-0.2, 0) is 25.5 Å². The predicted octanol–water partition coefficient (Wildman–Crippen LogP) is 0.422. The molecule has 0 bridgehead atoms. The Morgan fingerprint density at radius 1 is 1.09 bits per heavy atom. The molecule has 0 aliphatic carbocycles. The molecule has 0 aromatic heterocycles. The van der Waals surface area contributed by atoms with Crippen molar-refractivity contribution in [1.82, 2.24) is 10.6 Å². The molecule has 2 amide bonds. The molecule has 0 unspecified atom stereocenters. The van der Waals surface area contributed by atoms with E-state index < -0.39 is 18.5 Å². The highest BCUT2D eigenvalue weighted by molar-refractivity contribution is 5.86. The van der Waals surface area contributed by atoms with E-state index in [0.717, 1.165) is 5.56 Å². The van der Waals surface area contributed by atoms with Crippen molar-refractivity contribution in [3.8, 4) is 5.75 Å². The van der Waals surface area contributed by atoms with Gasteiger partial charge in [0, 0.05) is 6.04 Å². The minimum atomic E-state index is -0.521. The highest BCUT2D eigenvalue weighted by atomic mass is 16.5. The summed E-state index contributed by atoms with van der Waals surface area (Å²) < 4.78 is 9.89. The Hall–Kier alpha value is -2.57. The maximum absolute atomic E-state index is 11.6. The molecule has 7 nitrogen and oxygen atoms in total. The zero-order valence-corrected chi connectivity index (χ0v) is 13.5. The lowest BCUT2D eigenvalue weighted by atomic mass is 10.1. The average Bonchev–Trinajstić information content (AvgIpc) is 2.51. The topological polar surface area (TPSA) is 93.7 Å². The number of rotatable bonds is 8. The fourth-order valence-electron chi connectivity index (χ4n) is 1.71. The third-order valence-corrected chi connectivity index (χ3v) is 2.77. The summed E-state index contributed by atoms with van der Waals surface area (Å²) in [6, 6.07) is 6.97. The molecule has 126 valence electrons. The van der Waals surface area contributed by atoms with Gasteiger partial charge in [-0.1, -0.05) is 12.1 Å². The third kappa shape index (κ3) is 7.85. The summed E-state index contributed by atoms with van der Waals surface area (Å²) in [5, 5.41) is 5.01. The number of benzene rings is 1. The molecule has 7 heteroatoms. The van der Waals surface area contributed by atoms with E-state index in [1.807, 2.05) is 13.8 Å². The first-order chi connectivity index (χ1) is 10.9. The van der Waals surface area contributed by atoms with Gasteiger partial charge in [-0.2, -0.15) is 0 Å². The molecule has 0 saturated carbocycles. The zero-order chi connectivity index (χ0) is 17.2. The van der Waals surface area contributed by atoms with E-state index >= 15 is 0 Å². The van der Waals surface area contributed by atoms with Crippen molar-refractivity contribution in [2.45, 2.75) is 26.3 Å². The van der Waals surface area contributed by atoms with Crippen molar-refractivity contribution in [2.24, 2.45) is 0 Å². The molecule has 1 aromatic carbocycles. The summed E-state index contributed by atoms with van der Waals surface area (Å²) >= 11 is 0. The molecule has 0 heterocycles. The van der Waals surface area contributed by atoms with Crippen molar-refractivity contribution >= 4 is 17.8 Å². The number of hydrogen-bond acceptors (Lipinski definition) is 5.